The van der Waals surface area contributed by atoms with Crippen molar-refractivity contribution in [1.82, 2.24) is 15.1 Å². The summed E-state index contributed by atoms with van der Waals surface area (Å²) >= 11 is 0. The van der Waals surface area contributed by atoms with Crippen molar-refractivity contribution in [3.8, 4) is 5.69 Å². The molecule has 0 radical (unpaired) electrons. The summed E-state index contributed by atoms with van der Waals surface area (Å²) in [4.78, 5) is 0. The maximum Gasteiger partial charge on any atom is 0.0678 e. The molecular formula is C20H27N3. The molecule has 23 heavy (non-hydrogen) atoms. The van der Waals surface area contributed by atoms with Crippen LogP contribution >= 0.6 is 0 Å². The van der Waals surface area contributed by atoms with Gasteiger partial charge in [0.15, 0.2) is 0 Å². The van der Waals surface area contributed by atoms with E-state index in [1.807, 2.05) is 0 Å². The van der Waals surface area contributed by atoms with E-state index in [0.717, 1.165) is 6.42 Å². The molecule has 0 spiro atoms. The van der Waals surface area contributed by atoms with E-state index >= 15 is 0 Å². The van der Waals surface area contributed by atoms with E-state index in [4.69, 9.17) is 5.10 Å². The maximum atomic E-state index is 4.77. The Balaban J connectivity index is 1.74. The van der Waals surface area contributed by atoms with E-state index in [0.29, 0.717) is 17.5 Å². The van der Waals surface area contributed by atoms with E-state index < -0.39 is 0 Å². The summed E-state index contributed by atoms with van der Waals surface area (Å²) in [6.07, 6.45) is 8.45. The van der Waals surface area contributed by atoms with Gasteiger partial charge in [0.1, 0.15) is 0 Å². The molecule has 4 rings (SSSR count). The molecule has 122 valence electrons. The molecule has 1 saturated carbocycles. The van der Waals surface area contributed by atoms with Gasteiger partial charge in [0.05, 0.1) is 11.9 Å². The first-order valence-electron chi connectivity index (χ1n) is 8.92. The van der Waals surface area contributed by atoms with Gasteiger partial charge in [-0.05, 0) is 49.7 Å². The predicted molar refractivity (Wildman–Crippen MR) is 93.9 cm³/mol. The number of rotatable bonds is 3. The summed E-state index contributed by atoms with van der Waals surface area (Å²) in [5.41, 5.74) is 5.63. The summed E-state index contributed by atoms with van der Waals surface area (Å²) in [5.74, 6) is 0. The lowest BCUT2D eigenvalue weighted by atomic mass is 9.73. The van der Waals surface area contributed by atoms with Gasteiger partial charge in [-0.3, -0.25) is 0 Å². The van der Waals surface area contributed by atoms with Crippen LogP contribution in [0.2, 0.25) is 0 Å². The molecule has 2 aromatic rings. The van der Waals surface area contributed by atoms with E-state index in [2.05, 4.69) is 61.2 Å². The molecule has 3 nitrogen and oxygen atoms in total. The lowest BCUT2D eigenvalue weighted by molar-refractivity contribution is 0.215. The molecule has 0 aliphatic heterocycles. The molecule has 3 heteroatoms. The topological polar surface area (TPSA) is 29.9 Å². The molecule has 0 saturated heterocycles. The highest BCUT2D eigenvalue weighted by Crippen LogP contribution is 2.42. The highest BCUT2D eigenvalue weighted by molar-refractivity contribution is 5.43. The number of nitrogens with one attached hydrogen (secondary N) is 1. The van der Waals surface area contributed by atoms with E-state index in [1.165, 1.54) is 48.2 Å². The third-order valence-electron chi connectivity index (χ3n) is 5.57. The van der Waals surface area contributed by atoms with Crippen LogP contribution in [-0.2, 0) is 6.42 Å². The maximum absolute atomic E-state index is 4.77. The van der Waals surface area contributed by atoms with Crippen LogP contribution in [-0.4, -0.2) is 15.8 Å². The number of fused-ring (bicyclic) bond motifs is 1. The molecular weight excluding hydrogens is 282 g/mol. The fourth-order valence-electron chi connectivity index (χ4n) is 4.06. The number of para-hydroxylation sites is 1. The van der Waals surface area contributed by atoms with Crippen molar-refractivity contribution < 1.29 is 0 Å². The quantitative estimate of drug-likeness (QED) is 0.914. The number of aromatic nitrogens is 2. The highest BCUT2D eigenvalue weighted by atomic mass is 15.3. The van der Waals surface area contributed by atoms with Crippen molar-refractivity contribution in [2.75, 3.05) is 0 Å². The first-order valence-corrected chi connectivity index (χ1v) is 8.92. The fraction of sp³-hybridized carbons (Fsp3) is 0.550. The Morgan fingerprint density at radius 3 is 2.70 bits per heavy atom. The first-order chi connectivity index (χ1) is 11.0. The zero-order valence-corrected chi connectivity index (χ0v) is 14.5. The number of nitrogens with zero attached hydrogens (tertiary/aromatic N) is 2. The number of aryl methyl sites for hydroxylation is 1. The molecule has 2 aliphatic rings. The van der Waals surface area contributed by atoms with Gasteiger partial charge in [-0.15, -0.1) is 0 Å². The minimum absolute atomic E-state index is 0.314. The van der Waals surface area contributed by atoms with Crippen molar-refractivity contribution in [2.45, 2.75) is 65.0 Å². The van der Waals surface area contributed by atoms with Gasteiger partial charge in [-0.1, -0.05) is 38.5 Å². The van der Waals surface area contributed by atoms with Crippen LogP contribution in [0, 0.1) is 12.3 Å². The van der Waals surface area contributed by atoms with Crippen LogP contribution in [0.5, 0.6) is 0 Å². The average molecular weight is 309 g/mol. The van der Waals surface area contributed by atoms with Crippen LogP contribution < -0.4 is 5.32 Å². The molecule has 1 aromatic carbocycles. The number of hydrogen-bond acceptors (Lipinski definition) is 2. The highest BCUT2D eigenvalue weighted by Gasteiger charge is 2.36. The standard InChI is InChI=1S/C20H27N3/c1-14-7-4-5-10-18(14)23-19-12-20(2,3)11-17(16(19)13-21-23)22-15-8-6-9-15/h4-5,7,10,13,15,17,22H,6,8-9,11-12H2,1-3H3. The zero-order valence-electron chi connectivity index (χ0n) is 14.5. The van der Waals surface area contributed by atoms with Crippen LogP contribution in [0.1, 0.15) is 62.4 Å². The summed E-state index contributed by atoms with van der Waals surface area (Å²) in [6.45, 7) is 6.95. The van der Waals surface area contributed by atoms with Gasteiger partial charge in [0.2, 0.25) is 0 Å². The van der Waals surface area contributed by atoms with Crippen molar-refractivity contribution >= 4 is 0 Å². The van der Waals surface area contributed by atoms with Crippen LogP contribution in [0.25, 0.3) is 5.69 Å². The molecule has 1 aromatic heterocycles. The zero-order chi connectivity index (χ0) is 16.0. The Morgan fingerprint density at radius 1 is 1.22 bits per heavy atom. The Labute approximate surface area is 139 Å². The summed E-state index contributed by atoms with van der Waals surface area (Å²) in [6, 6.07) is 9.72. The smallest absolute Gasteiger partial charge is 0.0678 e. The molecule has 1 fully saturated rings. The Kier molecular flexibility index (Phi) is 3.56. The van der Waals surface area contributed by atoms with Gasteiger partial charge in [0, 0.05) is 23.3 Å². The molecule has 1 atom stereocenters. The lowest BCUT2D eigenvalue weighted by Crippen LogP contribution is -2.42. The Morgan fingerprint density at radius 2 is 2.00 bits per heavy atom. The van der Waals surface area contributed by atoms with Crippen molar-refractivity contribution in [3.63, 3.8) is 0 Å². The minimum Gasteiger partial charge on any atom is -0.307 e. The molecule has 0 bridgehead atoms. The number of benzene rings is 1. The third-order valence-corrected chi connectivity index (χ3v) is 5.57. The SMILES string of the molecule is Cc1ccccc1-n1ncc2c1CC(C)(C)CC2NC1CCC1. The van der Waals surface area contributed by atoms with Crippen molar-refractivity contribution in [1.29, 1.82) is 0 Å². The van der Waals surface area contributed by atoms with Gasteiger partial charge in [-0.2, -0.15) is 5.10 Å². The molecule has 1 N–H and O–H groups in total. The summed E-state index contributed by atoms with van der Waals surface area (Å²) in [7, 11) is 0. The van der Waals surface area contributed by atoms with Crippen molar-refractivity contribution in [2.24, 2.45) is 5.41 Å². The predicted octanol–water partition coefficient (Wildman–Crippen LogP) is 4.34. The molecule has 0 amide bonds. The number of hydrogen-bond donors (Lipinski definition) is 1. The van der Waals surface area contributed by atoms with Crippen molar-refractivity contribution in [3.05, 3.63) is 47.3 Å². The monoisotopic (exact) mass is 309 g/mol. The van der Waals surface area contributed by atoms with Gasteiger partial charge < -0.3 is 5.32 Å². The van der Waals surface area contributed by atoms with Gasteiger partial charge in [-0.25, -0.2) is 4.68 Å². The normalized spacial score (nSPS) is 23.3. The second-order valence-electron chi connectivity index (χ2n) is 8.14. The van der Waals surface area contributed by atoms with Gasteiger partial charge in [0.25, 0.3) is 0 Å². The van der Waals surface area contributed by atoms with Crippen LogP contribution in [0.3, 0.4) is 0 Å². The van der Waals surface area contributed by atoms with E-state index in [1.54, 1.807) is 0 Å². The second kappa shape index (κ2) is 5.48. The summed E-state index contributed by atoms with van der Waals surface area (Å²) < 4.78 is 2.18. The average Bonchev–Trinajstić information content (AvgIpc) is 2.85. The molecule has 1 unspecified atom stereocenters. The lowest BCUT2D eigenvalue weighted by Gasteiger charge is -2.39. The minimum atomic E-state index is 0.314. The molecule has 2 aliphatic carbocycles. The third kappa shape index (κ3) is 2.72. The van der Waals surface area contributed by atoms with Crippen LogP contribution in [0.4, 0.5) is 0 Å². The van der Waals surface area contributed by atoms with Crippen LogP contribution in [0.15, 0.2) is 30.5 Å². The Bertz CT molecular complexity index is 709. The first kappa shape index (κ1) is 14.9. The van der Waals surface area contributed by atoms with Gasteiger partial charge >= 0.3 is 0 Å². The second-order valence-corrected chi connectivity index (χ2v) is 8.14. The Hall–Kier alpha value is -1.61. The van der Waals surface area contributed by atoms with E-state index in [9.17, 15) is 0 Å². The molecule has 1 heterocycles. The summed E-state index contributed by atoms with van der Waals surface area (Å²) in [5, 5.41) is 8.67. The largest absolute Gasteiger partial charge is 0.307 e. The van der Waals surface area contributed by atoms with E-state index in [-0.39, 0.29) is 0 Å². The fourth-order valence-corrected chi connectivity index (χ4v) is 4.06.